The molecule has 2 aliphatic rings. The lowest BCUT2D eigenvalue weighted by atomic mass is 9.94. The third kappa shape index (κ3) is 5.59. The number of hydrogen-bond donors (Lipinski definition) is 2. The van der Waals surface area contributed by atoms with Crippen LogP contribution in [0.25, 0.3) is 0 Å². The fourth-order valence-corrected chi connectivity index (χ4v) is 4.83. The molecule has 34 heavy (non-hydrogen) atoms. The summed E-state index contributed by atoms with van der Waals surface area (Å²) in [6, 6.07) is 3.68. The molecular weight excluding hydrogens is 481 g/mol. The van der Waals surface area contributed by atoms with E-state index in [0.717, 1.165) is 0 Å². The minimum Gasteiger partial charge on any atom is -0.463 e. The van der Waals surface area contributed by atoms with Crippen LogP contribution in [0.15, 0.2) is 29.5 Å². The van der Waals surface area contributed by atoms with E-state index in [-0.39, 0.29) is 24.7 Å². The topological polar surface area (TPSA) is 94.2 Å². The van der Waals surface area contributed by atoms with E-state index in [1.165, 1.54) is 4.90 Å². The lowest BCUT2D eigenvalue weighted by molar-refractivity contribution is -0.139. The van der Waals surface area contributed by atoms with Crippen molar-refractivity contribution in [2.75, 3.05) is 46.4 Å². The number of carbonyl (C=O) groups is 3. The summed E-state index contributed by atoms with van der Waals surface area (Å²) < 4.78 is 5.37. The van der Waals surface area contributed by atoms with Crippen LogP contribution in [-0.4, -0.2) is 85.2 Å². The molecule has 1 saturated heterocycles. The van der Waals surface area contributed by atoms with Gasteiger partial charge in [-0.05, 0) is 38.5 Å². The van der Waals surface area contributed by atoms with Gasteiger partial charge in [0, 0.05) is 61.6 Å². The minimum atomic E-state index is -0.781. The second-order valence-corrected chi connectivity index (χ2v) is 9.14. The Kier molecular flexibility index (Phi) is 8.67. The summed E-state index contributed by atoms with van der Waals surface area (Å²) in [4.78, 5) is 43.7. The monoisotopic (exact) mass is 511 g/mol. The first-order valence-corrected chi connectivity index (χ1v) is 12.1. The van der Waals surface area contributed by atoms with Gasteiger partial charge in [-0.25, -0.2) is 14.4 Å². The van der Waals surface area contributed by atoms with Crippen molar-refractivity contribution in [1.82, 2.24) is 25.3 Å². The van der Waals surface area contributed by atoms with Crippen LogP contribution in [0, 0.1) is 0 Å². The van der Waals surface area contributed by atoms with Crippen LogP contribution in [-0.2, 0) is 9.53 Å². The number of amides is 4. The highest BCUT2D eigenvalue weighted by molar-refractivity contribution is 6.35. The molecule has 0 aromatic heterocycles. The first kappa shape index (κ1) is 26.1. The number of ether oxygens (including phenoxy) is 1. The second-order valence-electron chi connectivity index (χ2n) is 8.30. The molecule has 0 bridgehead atoms. The third-order valence-electron chi connectivity index (χ3n) is 6.02. The van der Waals surface area contributed by atoms with Gasteiger partial charge in [0.15, 0.2) is 0 Å². The molecule has 1 aromatic rings. The Balaban J connectivity index is 1.96. The van der Waals surface area contributed by atoms with Gasteiger partial charge in [0.2, 0.25) is 0 Å². The van der Waals surface area contributed by atoms with Gasteiger partial charge in [0.1, 0.15) is 0 Å². The molecule has 0 saturated carbocycles. The Labute approximate surface area is 210 Å². The maximum atomic E-state index is 13.1. The molecule has 1 fully saturated rings. The number of nitrogens with one attached hydrogen (secondary N) is 2. The number of likely N-dealkylation sites (N-methyl/N-ethyl adjacent to an activating group) is 1. The van der Waals surface area contributed by atoms with Crippen molar-refractivity contribution >= 4 is 41.2 Å². The molecule has 0 radical (unpaired) electrons. The molecule has 2 aliphatic heterocycles. The van der Waals surface area contributed by atoms with Crippen molar-refractivity contribution in [3.63, 3.8) is 0 Å². The van der Waals surface area contributed by atoms with E-state index in [1.54, 1.807) is 37.1 Å². The Bertz CT molecular complexity index is 986. The van der Waals surface area contributed by atoms with Gasteiger partial charge >= 0.3 is 18.0 Å². The predicted octanol–water partition coefficient (Wildman–Crippen LogP) is 3.24. The summed E-state index contributed by atoms with van der Waals surface area (Å²) in [5.41, 5.74) is 1.42. The molecule has 2 N–H and O–H groups in total. The zero-order valence-electron chi connectivity index (χ0n) is 19.9. The predicted molar refractivity (Wildman–Crippen MR) is 131 cm³/mol. The number of rotatable bonds is 6. The molecule has 4 amide bonds. The molecule has 0 spiro atoms. The maximum Gasteiger partial charge on any atom is 0.338 e. The van der Waals surface area contributed by atoms with Gasteiger partial charge in [0.05, 0.1) is 18.2 Å². The Morgan fingerprint density at radius 1 is 1.24 bits per heavy atom. The lowest BCUT2D eigenvalue weighted by Crippen LogP contribution is -2.57. The third-order valence-corrected chi connectivity index (χ3v) is 6.58. The maximum absolute atomic E-state index is 13.1. The number of hydrogen-bond acceptors (Lipinski definition) is 5. The number of piperazine rings is 1. The summed E-state index contributed by atoms with van der Waals surface area (Å²) in [5.74, 6) is -0.519. The summed E-state index contributed by atoms with van der Waals surface area (Å²) in [6.45, 7) is 8.43. The minimum absolute atomic E-state index is 0.0313. The van der Waals surface area contributed by atoms with Gasteiger partial charge in [-0.1, -0.05) is 29.3 Å². The molecule has 2 heterocycles. The van der Waals surface area contributed by atoms with Crippen LogP contribution >= 0.6 is 23.2 Å². The molecular formula is C23H31Cl2N5O4. The molecule has 2 unspecified atom stereocenters. The van der Waals surface area contributed by atoms with Crippen molar-refractivity contribution < 1.29 is 19.1 Å². The van der Waals surface area contributed by atoms with E-state index in [0.29, 0.717) is 59.6 Å². The Morgan fingerprint density at radius 2 is 1.97 bits per heavy atom. The lowest BCUT2D eigenvalue weighted by Gasteiger charge is -2.42. The second kappa shape index (κ2) is 11.3. The first-order valence-electron chi connectivity index (χ1n) is 11.3. The molecule has 11 heteroatoms. The van der Waals surface area contributed by atoms with E-state index in [1.807, 2.05) is 13.8 Å². The summed E-state index contributed by atoms with van der Waals surface area (Å²) in [7, 11) is 1.62. The van der Waals surface area contributed by atoms with E-state index in [2.05, 4.69) is 15.5 Å². The Morgan fingerprint density at radius 3 is 2.59 bits per heavy atom. The summed E-state index contributed by atoms with van der Waals surface area (Å²) in [6.07, 6.45) is 0. The Hall–Kier alpha value is -2.49. The van der Waals surface area contributed by atoms with Crippen molar-refractivity contribution in [2.24, 2.45) is 0 Å². The van der Waals surface area contributed by atoms with E-state index >= 15 is 0 Å². The highest BCUT2D eigenvalue weighted by Crippen LogP contribution is 2.36. The zero-order chi connectivity index (χ0) is 25.0. The molecule has 3 rings (SSSR count). The highest BCUT2D eigenvalue weighted by Gasteiger charge is 2.39. The fourth-order valence-electron chi connectivity index (χ4n) is 4.31. The van der Waals surface area contributed by atoms with Crippen LogP contribution in [0.5, 0.6) is 0 Å². The molecule has 0 aliphatic carbocycles. The van der Waals surface area contributed by atoms with Crippen molar-refractivity contribution in [3.05, 3.63) is 45.1 Å². The van der Waals surface area contributed by atoms with Gasteiger partial charge in [-0.2, -0.15) is 0 Å². The summed E-state index contributed by atoms with van der Waals surface area (Å²) in [5, 5.41) is 6.50. The van der Waals surface area contributed by atoms with Crippen LogP contribution in [0.2, 0.25) is 10.0 Å². The molecule has 2 atom stereocenters. The highest BCUT2D eigenvalue weighted by atomic mass is 35.5. The van der Waals surface area contributed by atoms with E-state index in [9.17, 15) is 14.4 Å². The molecule has 1 aromatic carbocycles. The summed E-state index contributed by atoms with van der Waals surface area (Å²) >= 11 is 12.5. The smallest absolute Gasteiger partial charge is 0.338 e. The van der Waals surface area contributed by atoms with Crippen LogP contribution in [0.1, 0.15) is 32.4 Å². The molecule has 186 valence electrons. The van der Waals surface area contributed by atoms with Crippen molar-refractivity contribution in [3.8, 4) is 0 Å². The number of urea groups is 2. The number of esters is 1. The van der Waals surface area contributed by atoms with Crippen molar-refractivity contribution in [1.29, 1.82) is 0 Å². The van der Waals surface area contributed by atoms with Crippen LogP contribution < -0.4 is 10.6 Å². The van der Waals surface area contributed by atoms with E-state index in [4.69, 9.17) is 27.9 Å². The van der Waals surface area contributed by atoms with Gasteiger partial charge in [-0.15, -0.1) is 0 Å². The van der Waals surface area contributed by atoms with Crippen molar-refractivity contribution in [2.45, 2.75) is 32.9 Å². The van der Waals surface area contributed by atoms with Gasteiger partial charge < -0.3 is 20.3 Å². The fraction of sp³-hybridized carbons (Fsp3) is 0.522. The SMILES string of the molecule is CCNC(=O)N1CCN(CC2=C(C(=O)OCC)C(c3ccc(Cl)cc3Cl)NC(=O)N2C)CC1C. The average Bonchev–Trinajstić information content (AvgIpc) is 2.77. The van der Waals surface area contributed by atoms with E-state index < -0.39 is 12.0 Å². The van der Waals surface area contributed by atoms with Crippen LogP contribution in [0.4, 0.5) is 9.59 Å². The first-order chi connectivity index (χ1) is 16.2. The number of halogens is 2. The normalized spacial score (nSPS) is 21.4. The molecule has 9 nitrogen and oxygen atoms in total. The quantitative estimate of drug-likeness (QED) is 0.571. The number of nitrogens with zero attached hydrogens (tertiary/aromatic N) is 3. The largest absolute Gasteiger partial charge is 0.463 e. The van der Waals surface area contributed by atoms with Gasteiger partial charge in [0.25, 0.3) is 0 Å². The zero-order valence-corrected chi connectivity index (χ0v) is 21.4. The van der Waals surface area contributed by atoms with Gasteiger partial charge in [-0.3, -0.25) is 9.80 Å². The standard InChI is InChI=1S/C23H31Cl2N5O4/c1-5-26-22(32)30-10-9-29(12-14(30)3)13-18-19(21(31)34-6-2)20(27-23(33)28(18)4)16-8-7-15(24)11-17(16)25/h7-8,11,14,20H,5-6,9-10,12-13H2,1-4H3,(H,26,32)(H,27,33). The average molecular weight is 512 g/mol. The van der Waals surface area contributed by atoms with Crippen LogP contribution in [0.3, 0.4) is 0 Å². The number of benzene rings is 1. The number of carbonyl (C=O) groups excluding carboxylic acids is 3.